The summed E-state index contributed by atoms with van der Waals surface area (Å²) in [7, 11) is 0. The number of hydrogen-bond acceptors (Lipinski definition) is 3. The van der Waals surface area contributed by atoms with E-state index in [1.54, 1.807) is 0 Å². The molecule has 1 aliphatic heterocycles. The number of aryl methyl sites for hydroxylation is 1. The Morgan fingerprint density at radius 1 is 1.30 bits per heavy atom. The summed E-state index contributed by atoms with van der Waals surface area (Å²) in [6.07, 6.45) is 0.425. The molecule has 1 saturated heterocycles. The first-order chi connectivity index (χ1) is 11.1. The molecule has 5 heteroatoms. The van der Waals surface area contributed by atoms with Crippen LogP contribution in [-0.2, 0) is 11.2 Å². The lowest BCUT2D eigenvalue weighted by atomic mass is 10.1. The van der Waals surface area contributed by atoms with Gasteiger partial charge in [0.15, 0.2) is 0 Å². The van der Waals surface area contributed by atoms with E-state index in [1.165, 1.54) is 0 Å². The van der Waals surface area contributed by atoms with Crippen LogP contribution < -0.4 is 5.32 Å². The standard InChI is InChI=1S/C18H24N4O/c1-13-12-19-9-10-21(13)18(23)11-17-14(2)20-22(15(17)3)16-7-5-4-6-8-16/h4-8,13,19H,9-12H2,1-3H3/t13-/m0/s1. The highest BCUT2D eigenvalue weighted by Crippen LogP contribution is 2.19. The molecular formula is C18H24N4O. The third kappa shape index (κ3) is 3.15. The first kappa shape index (κ1) is 15.7. The lowest BCUT2D eigenvalue weighted by Crippen LogP contribution is -2.52. The van der Waals surface area contributed by atoms with Crippen LogP contribution in [0.5, 0.6) is 0 Å². The highest BCUT2D eigenvalue weighted by molar-refractivity contribution is 5.79. The number of carbonyl (C=O) groups is 1. The van der Waals surface area contributed by atoms with Gasteiger partial charge in [0.25, 0.3) is 0 Å². The lowest BCUT2D eigenvalue weighted by molar-refractivity contribution is -0.133. The first-order valence-corrected chi connectivity index (χ1v) is 8.18. The maximum atomic E-state index is 12.7. The summed E-state index contributed by atoms with van der Waals surface area (Å²) in [4.78, 5) is 14.7. The molecule has 23 heavy (non-hydrogen) atoms. The van der Waals surface area contributed by atoms with Gasteiger partial charge in [0.2, 0.25) is 5.91 Å². The van der Waals surface area contributed by atoms with Gasteiger partial charge in [0.05, 0.1) is 17.8 Å². The Hall–Kier alpha value is -2.14. The van der Waals surface area contributed by atoms with Crippen LogP contribution in [0.15, 0.2) is 30.3 Å². The van der Waals surface area contributed by atoms with Crippen molar-refractivity contribution < 1.29 is 4.79 Å². The molecule has 1 aliphatic rings. The molecule has 0 radical (unpaired) electrons. The van der Waals surface area contributed by atoms with Crippen LogP contribution in [-0.4, -0.2) is 46.3 Å². The number of carbonyl (C=O) groups excluding carboxylic acids is 1. The van der Waals surface area contributed by atoms with Gasteiger partial charge in [0, 0.05) is 36.9 Å². The number of para-hydroxylation sites is 1. The molecule has 0 aliphatic carbocycles. The zero-order chi connectivity index (χ0) is 16.4. The second-order valence-electron chi connectivity index (χ2n) is 6.21. The zero-order valence-electron chi connectivity index (χ0n) is 14.0. The van der Waals surface area contributed by atoms with Gasteiger partial charge in [-0.2, -0.15) is 5.10 Å². The molecule has 0 bridgehead atoms. The fourth-order valence-electron chi connectivity index (χ4n) is 3.22. The molecule has 0 saturated carbocycles. The van der Waals surface area contributed by atoms with Crippen LogP contribution in [0.25, 0.3) is 5.69 Å². The van der Waals surface area contributed by atoms with E-state index in [2.05, 4.69) is 17.3 Å². The summed E-state index contributed by atoms with van der Waals surface area (Å²) in [5.74, 6) is 0.192. The van der Waals surface area contributed by atoms with Gasteiger partial charge in [-0.05, 0) is 32.9 Å². The smallest absolute Gasteiger partial charge is 0.227 e. The first-order valence-electron chi connectivity index (χ1n) is 8.18. The van der Waals surface area contributed by atoms with E-state index in [-0.39, 0.29) is 11.9 Å². The van der Waals surface area contributed by atoms with E-state index < -0.39 is 0 Å². The Morgan fingerprint density at radius 2 is 2.04 bits per heavy atom. The molecule has 0 unspecified atom stereocenters. The number of amides is 1. The fourth-order valence-corrected chi connectivity index (χ4v) is 3.22. The second-order valence-corrected chi connectivity index (χ2v) is 6.21. The van der Waals surface area contributed by atoms with Crippen molar-refractivity contribution >= 4 is 5.91 Å². The van der Waals surface area contributed by atoms with E-state index in [4.69, 9.17) is 0 Å². The number of piperazine rings is 1. The van der Waals surface area contributed by atoms with Crippen molar-refractivity contribution in [1.29, 1.82) is 0 Å². The minimum absolute atomic E-state index is 0.192. The Kier molecular flexibility index (Phi) is 4.48. The predicted molar refractivity (Wildman–Crippen MR) is 90.8 cm³/mol. The summed E-state index contributed by atoms with van der Waals surface area (Å²) < 4.78 is 1.93. The molecular weight excluding hydrogens is 288 g/mol. The van der Waals surface area contributed by atoms with Crippen molar-refractivity contribution in [2.75, 3.05) is 19.6 Å². The number of aromatic nitrogens is 2. The van der Waals surface area contributed by atoms with E-state index in [0.29, 0.717) is 6.42 Å². The van der Waals surface area contributed by atoms with E-state index in [9.17, 15) is 4.79 Å². The van der Waals surface area contributed by atoms with Crippen LogP contribution in [0.3, 0.4) is 0 Å². The monoisotopic (exact) mass is 312 g/mol. The third-order valence-corrected chi connectivity index (χ3v) is 4.59. The van der Waals surface area contributed by atoms with Gasteiger partial charge >= 0.3 is 0 Å². The topological polar surface area (TPSA) is 50.2 Å². The number of nitrogens with one attached hydrogen (secondary N) is 1. The second kappa shape index (κ2) is 6.54. The maximum Gasteiger partial charge on any atom is 0.227 e. The van der Waals surface area contributed by atoms with Crippen molar-refractivity contribution in [1.82, 2.24) is 20.0 Å². The van der Waals surface area contributed by atoms with Gasteiger partial charge < -0.3 is 10.2 Å². The lowest BCUT2D eigenvalue weighted by Gasteiger charge is -2.34. The largest absolute Gasteiger partial charge is 0.337 e. The molecule has 3 rings (SSSR count). The fraction of sp³-hybridized carbons (Fsp3) is 0.444. The molecule has 1 aromatic carbocycles. The average Bonchev–Trinajstić information content (AvgIpc) is 2.84. The van der Waals surface area contributed by atoms with Crippen LogP contribution in [0, 0.1) is 13.8 Å². The molecule has 1 amide bonds. The van der Waals surface area contributed by atoms with Crippen LogP contribution in [0.4, 0.5) is 0 Å². The van der Waals surface area contributed by atoms with Gasteiger partial charge in [-0.3, -0.25) is 4.79 Å². The van der Waals surface area contributed by atoms with Crippen molar-refractivity contribution in [3.05, 3.63) is 47.3 Å². The Bertz CT molecular complexity index is 693. The molecule has 1 N–H and O–H groups in total. The molecule has 122 valence electrons. The molecule has 2 aromatic rings. The van der Waals surface area contributed by atoms with E-state index >= 15 is 0 Å². The SMILES string of the molecule is Cc1nn(-c2ccccc2)c(C)c1CC(=O)N1CCNC[C@@H]1C. The van der Waals surface area contributed by atoms with Crippen LogP contribution >= 0.6 is 0 Å². The van der Waals surface area contributed by atoms with Gasteiger partial charge in [-0.1, -0.05) is 18.2 Å². The number of nitrogens with zero attached hydrogens (tertiary/aromatic N) is 3. The van der Waals surface area contributed by atoms with Crippen molar-refractivity contribution in [3.8, 4) is 5.69 Å². The quantitative estimate of drug-likeness (QED) is 0.941. The Labute approximate surface area is 137 Å². The molecule has 0 spiro atoms. The molecule has 1 atom stereocenters. The molecule has 1 aromatic heterocycles. The van der Waals surface area contributed by atoms with Gasteiger partial charge in [0.1, 0.15) is 0 Å². The summed E-state index contributed by atoms with van der Waals surface area (Å²) in [5.41, 5.74) is 4.05. The number of rotatable bonds is 3. The summed E-state index contributed by atoms with van der Waals surface area (Å²) >= 11 is 0. The van der Waals surface area contributed by atoms with E-state index in [0.717, 1.165) is 42.3 Å². The third-order valence-electron chi connectivity index (χ3n) is 4.59. The average molecular weight is 312 g/mol. The van der Waals surface area contributed by atoms with Gasteiger partial charge in [-0.25, -0.2) is 4.68 Å². The molecule has 1 fully saturated rings. The van der Waals surface area contributed by atoms with Crippen LogP contribution in [0.1, 0.15) is 23.9 Å². The van der Waals surface area contributed by atoms with Crippen LogP contribution in [0.2, 0.25) is 0 Å². The molecule has 2 heterocycles. The van der Waals surface area contributed by atoms with Crippen molar-refractivity contribution in [2.24, 2.45) is 0 Å². The van der Waals surface area contributed by atoms with Crippen molar-refractivity contribution in [2.45, 2.75) is 33.2 Å². The van der Waals surface area contributed by atoms with E-state index in [1.807, 2.05) is 53.8 Å². The highest BCUT2D eigenvalue weighted by atomic mass is 16.2. The summed E-state index contributed by atoms with van der Waals surface area (Å²) in [6, 6.07) is 10.3. The summed E-state index contributed by atoms with van der Waals surface area (Å²) in [5, 5.41) is 7.95. The van der Waals surface area contributed by atoms with Gasteiger partial charge in [-0.15, -0.1) is 0 Å². The predicted octanol–water partition coefficient (Wildman–Crippen LogP) is 1.85. The Morgan fingerprint density at radius 3 is 2.74 bits per heavy atom. The number of hydrogen-bond donors (Lipinski definition) is 1. The normalized spacial score (nSPS) is 18.2. The maximum absolute atomic E-state index is 12.7. The highest BCUT2D eigenvalue weighted by Gasteiger charge is 2.25. The zero-order valence-corrected chi connectivity index (χ0v) is 14.0. The minimum atomic E-state index is 0.192. The summed E-state index contributed by atoms with van der Waals surface area (Å²) in [6.45, 7) is 8.64. The molecule has 5 nitrogen and oxygen atoms in total. The Balaban J connectivity index is 1.83. The number of benzene rings is 1. The van der Waals surface area contributed by atoms with Crippen molar-refractivity contribution in [3.63, 3.8) is 0 Å². The minimum Gasteiger partial charge on any atom is -0.337 e.